The summed E-state index contributed by atoms with van der Waals surface area (Å²) in [5.41, 5.74) is 2.53. The fourth-order valence-electron chi connectivity index (χ4n) is 3.34. The molecule has 4 aromatic rings. The molecule has 1 N–H and O–H groups in total. The Morgan fingerprint density at radius 1 is 1.21 bits per heavy atom. The number of amides is 2. The van der Waals surface area contributed by atoms with E-state index in [-0.39, 0.29) is 12.0 Å². The van der Waals surface area contributed by atoms with E-state index in [0.29, 0.717) is 24.4 Å². The number of hydrogen-bond donors (Lipinski definition) is 1. The molecular formula is C19H17N7O2. The number of fused-ring (bicyclic) bond motifs is 2. The highest BCUT2D eigenvalue weighted by Crippen LogP contribution is 2.23. The van der Waals surface area contributed by atoms with Crippen LogP contribution in [0.15, 0.2) is 47.6 Å². The summed E-state index contributed by atoms with van der Waals surface area (Å²) in [7, 11) is 0. The van der Waals surface area contributed by atoms with Crippen LogP contribution in [-0.2, 0) is 13.1 Å². The minimum atomic E-state index is -0.238. The number of nitrogens with zero attached hydrogens (tertiary/aromatic N) is 6. The molecule has 0 unspecified atom stereocenters. The predicted octanol–water partition coefficient (Wildman–Crippen LogP) is 2.84. The predicted molar refractivity (Wildman–Crippen MR) is 101 cm³/mol. The number of benzene rings is 1. The normalized spacial score (nSPS) is 13.5. The van der Waals surface area contributed by atoms with Gasteiger partial charge < -0.3 is 13.9 Å². The molecule has 0 bridgehead atoms. The molecule has 1 aromatic carbocycles. The van der Waals surface area contributed by atoms with Gasteiger partial charge in [0, 0.05) is 36.4 Å². The summed E-state index contributed by atoms with van der Waals surface area (Å²) < 4.78 is 7.41. The number of carbonyl (C=O) groups excluding carboxylic acids is 1. The van der Waals surface area contributed by atoms with Crippen LogP contribution in [0.2, 0.25) is 0 Å². The molecule has 0 fully saturated rings. The van der Waals surface area contributed by atoms with Crippen LogP contribution < -0.4 is 5.32 Å². The summed E-state index contributed by atoms with van der Waals surface area (Å²) >= 11 is 0. The summed E-state index contributed by atoms with van der Waals surface area (Å²) in [6.45, 7) is 3.75. The first-order valence-corrected chi connectivity index (χ1v) is 8.90. The molecule has 1 aliphatic heterocycles. The Morgan fingerprint density at radius 3 is 3.00 bits per heavy atom. The standard InChI is InChI=1S/C19H17N7O2/c1-12-9-25-4-5-26(10-17(25)22-12)19(27)24-18-21-7-14-3-2-13(6-15(14)23-18)16-8-20-11-28-16/h2-3,6-9,11H,4-5,10H2,1H3,(H,21,23,24,27). The van der Waals surface area contributed by atoms with Gasteiger partial charge in [0.2, 0.25) is 5.95 Å². The molecule has 28 heavy (non-hydrogen) atoms. The highest BCUT2D eigenvalue weighted by atomic mass is 16.3. The van der Waals surface area contributed by atoms with E-state index in [0.717, 1.165) is 29.0 Å². The third-order valence-electron chi connectivity index (χ3n) is 4.73. The minimum Gasteiger partial charge on any atom is -0.444 e. The third kappa shape index (κ3) is 2.96. The number of anilines is 1. The van der Waals surface area contributed by atoms with E-state index in [4.69, 9.17) is 4.42 Å². The fraction of sp³-hybridized carbons (Fsp3) is 0.211. The first-order valence-electron chi connectivity index (χ1n) is 8.90. The molecule has 140 valence electrons. The zero-order valence-corrected chi connectivity index (χ0v) is 15.2. The molecule has 9 heteroatoms. The van der Waals surface area contributed by atoms with Crippen LogP contribution >= 0.6 is 0 Å². The van der Waals surface area contributed by atoms with Gasteiger partial charge in [0.25, 0.3) is 0 Å². The van der Waals surface area contributed by atoms with Gasteiger partial charge in [-0.1, -0.05) is 12.1 Å². The lowest BCUT2D eigenvalue weighted by molar-refractivity contribution is 0.195. The van der Waals surface area contributed by atoms with Crippen molar-refractivity contribution in [3.63, 3.8) is 0 Å². The maximum absolute atomic E-state index is 12.6. The van der Waals surface area contributed by atoms with E-state index in [1.807, 2.05) is 31.3 Å². The molecule has 0 saturated carbocycles. The topological polar surface area (TPSA) is 102 Å². The molecule has 1 aliphatic rings. The van der Waals surface area contributed by atoms with E-state index < -0.39 is 0 Å². The maximum Gasteiger partial charge on any atom is 0.324 e. The van der Waals surface area contributed by atoms with Crippen molar-refractivity contribution in [2.45, 2.75) is 20.0 Å². The molecule has 9 nitrogen and oxygen atoms in total. The highest BCUT2D eigenvalue weighted by molar-refractivity contribution is 5.89. The number of nitrogens with one attached hydrogen (secondary N) is 1. The van der Waals surface area contributed by atoms with Gasteiger partial charge in [-0.3, -0.25) is 5.32 Å². The molecular weight excluding hydrogens is 358 g/mol. The van der Waals surface area contributed by atoms with Crippen molar-refractivity contribution in [2.24, 2.45) is 0 Å². The monoisotopic (exact) mass is 375 g/mol. The largest absolute Gasteiger partial charge is 0.444 e. The van der Waals surface area contributed by atoms with Gasteiger partial charge >= 0.3 is 6.03 Å². The maximum atomic E-state index is 12.6. The van der Waals surface area contributed by atoms with Crippen molar-refractivity contribution >= 4 is 22.9 Å². The zero-order valence-electron chi connectivity index (χ0n) is 15.2. The summed E-state index contributed by atoms with van der Waals surface area (Å²) in [6, 6.07) is 5.47. The Bertz CT molecular complexity index is 1170. The molecule has 3 aromatic heterocycles. The van der Waals surface area contributed by atoms with Gasteiger partial charge in [-0.15, -0.1) is 0 Å². The summed E-state index contributed by atoms with van der Waals surface area (Å²) in [5, 5.41) is 3.66. The summed E-state index contributed by atoms with van der Waals surface area (Å²) in [6.07, 6.45) is 6.72. The van der Waals surface area contributed by atoms with Crippen molar-refractivity contribution < 1.29 is 9.21 Å². The van der Waals surface area contributed by atoms with Crippen LogP contribution in [0.5, 0.6) is 0 Å². The van der Waals surface area contributed by atoms with Gasteiger partial charge in [0.05, 0.1) is 24.0 Å². The van der Waals surface area contributed by atoms with Crippen LogP contribution in [-0.4, -0.2) is 42.0 Å². The molecule has 0 radical (unpaired) electrons. The molecule has 5 rings (SSSR count). The quantitative estimate of drug-likeness (QED) is 0.578. The van der Waals surface area contributed by atoms with Gasteiger partial charge in [0.1, 0.15) is 5.82 Å². The molecule has 4 heterocycles. The Kier molecular flexibility index (Phi) is 3.78. The number of aromatic nitrogens is 5. The van der Waals surface area contributed by atoms with Gasteiger partial charge in [0.15, 0.2) is 12.2 Å². The minimum absolute atomic E-state index is 0.238. The molecule has 2 amide bonds. The molecule has 0 spiro atoms. The Labute approximate surface area is 160 Å². The van der Waals surface area contributed by atoms with E-state index in [1.165, 1.54) is 6.39 Å². The van der Waals surface area contributed by atoms with Gasteiger partial charge in [-0.05, 0) is 13.0 Å². The Hall–Kier alpha value is -3.75. The first kappa shape index (κ1) is 16.4. The first-order chi connectivity index (χ1) is 13.7. The average molecular weight is 375 g/mol. The number of carbonyl (C=O) groups is 1. The second kappa shape index (κ2) is 6.45. The Balaban J connectivity index is 1.36. The smallest absolute Gasteiger partial charge is 0.324 e. The number of aryl methyl sites for hydroxylation is 1. The second-order valence-corrected chi connectivity index (χ2v) is 6.68. The van der Waals surface area contributed by atoms with E-state index in [1.54, 1.807) is 17.3 Å². The van der Waals surface area contributed by atoms with Crippen LogP contribution in [0.4, 0.5) is 10.7 Å². The van der Waals surface area contributed by atoms with Crippen LogP contribution in [0.25, 0.3) is 22.2 Å². The number of urea groups is 1. The van der Waals surface area contributed by atoms with Crippen molar-refractivity contribution in [1.82, 2.24) is 29.4 Å². The van der Waals surface area contributed by atoms with Gasteiger partial charge in [-0.25, -0.2) is 24.7 Å². The molecule has 0 atom stereocenters. The van der Waals surface area contributed by atoms with E-state index >= 15 is 0 Å². The molecule has 0 aliphatic carbocycles. The number of imidazole rings is 1. The van der Waals surface area contributed by atoms with Crippen molar-refractivity contribution in [3.8, 4) is 11.3 Å². The number of rotatable bonds is 2. The van der Waals surface area contributed by atoms with Crippen molar-refractivity contribution in [2.75, 3.05) is 11.9 Å². The van der Waals surface area contributed by atoms with Crippen LogP contribution in [0, 0.1) is 6.92 Å². The van der Waals surface area contributed by atoms with E-state index in [2.05, 4.69) is 29.8 Å². The zero-order chi connectivity index (χ0) is 19.1. The number of oxazole rings is 1. The van der Waals surface area contributed by atoms with E-state index in [9.17, 15) is 4.79 Å². The average Bonchev–Trinajstić information content (AvgIpc) is 3.35. The summed E-state index contributed by atoms with van der Waals surface area (Å²) in [5.74, 6) is 1.80. The Morgan fingerprint density at radius 2 is 2.14 bits per heavy atom. The lowest BCUT2D eigenvalue weighted by atomic mass is 10.1. The van der Waals surface area contributed by atoms with Crippen molar-refractivity contribution in [1.29, 1.82) is 0 Å². The second-order valence-electron chi connectivity index (χ2n) is 6.68. The lowest BCUT2D eigenvalue weighted by Crippen LogP contribution is -2.41. The van der Waals surface area contributed by atoms with Crippen LogP contribution in [0.3, 0.4) is 0 Å². The highest BCUT2D eigenvalue weighted by Gasteiger charge is 2.22. The SMILES string of the molecule is Cc1cn2c(n1)CN(C(=O)Nc1ncc3ccc(-c4cnco4)cc3n1)CC2. The lowest BCUT2D eigenvalue weighted by Gasteiger charge is -2.27. The fourth-order valence-corrected chi connectivity index (χ4v) is 3.34. The number of hydrogen-bond acceptors (Lipinski definition) is 6. The van der Waals surface area contributed by atoms with Crippen molar-refractivity contribution in [3.05, 3.63) is 54.7 Å². The third-order valence-corrected chi connectivity index (χ3v) is 4.73. The summed E-state index contributed by atoms with van der Waals surface area (Å²) in [4.78, 5) is 31.5. The van der Waals surface area contributed by atoms with Crippen LogP contribution in [0.1, 0.15) is 11.5 Å². The molecule has 0 saturated heterocycles. The van der Waals surface area contributed by atoms with Gasteiger partial charge in [-0.2, -0.15) is 0 Å².